The van der Waals surface area contributed by atoms with Crippen LogP contribution in [0.5, 0.6) is 5.75 Å². The molecule has 2 N–H and O–H groups in total. The molecule has 3 aromatic rings. The molecule has 1 aliphatic rings. The summed E-state index contributed by atoms with van der Waals surface area (Å²) >= 11 is 5.97. The van der Waals surface area contributed by atoms with Gasteiger partial charge in [0.15, 0.2) is 5.82 Å². The van der Waals surface area contributed by atoms with Gasteiger partial charge in [-0.1, -0.05) is 23.7 Å². The second-order valence-corrected chi connectivity index (χ2v) is 7.80. The summed E-state index contributed by atoms with van der Waals surface area (Å²) in [5.74, 6) is 1.60. The van der Waals surface area contributed by atoms with E-state index < -0.39 is 0 Å². The molecule has 2 aromatic carbocycles. The maximum Gasteiger partial charge on any atom is 0.251 e. The van der Waals surface area contributed by atoms with Gasteiger partial charge in [0.05, 0.1) is 12.3 Å². The molecule has 0 radical (unpaired) electrons. The van der Waals surface area contributed by atoms with E-state index in [4.69, 9.17) is 16.3 Å². The van der Waals surface area contributed by atoms with E-state index in [1.807, 2.05) is 49.4 Å². The van der Waals surface area contributed by atoms with Crippen LogP contribution in [0.25, 0.3) is 11.3 Å². The Labute approximate surface area is 181 Å². The van der Waals surface area contributed by atoms with Crippen molar-refractivity contribution in [3.05, 3.63) is 65.2 Å². The Bertz CT molecular complexity index is 985. The highest BCUT2D eigenvalue weighted by molar-refractivity contribution is 6.30. The minimum absolute atomic E-state index is 0.0613. The minimum atomic E-state index is -0.0613. The molecule has 4 rings (SSSR count). The molecular weight excluding hydrogens is 400 g/mol. The van der Waals surface area contributed by atoms with Gasteiger partial charge in [-0.15, -0.1) is 0 Å². The van der Waals surface area contributed by atoms with Gasteiger partial charge in [-0.05, 0) is 61.7 Å². The monoisotopic (exact) mass is 424 g/mol. The molecule has 1 atom stereocenters. The molecule has 1 aliphatic heterocycles. The molecule has 1 unspecified atom stereocenters. The number of carbonyl (C=O) groups is 1. The number of amides is 1. The second kappa shape index (κ2) is 9.22. The fraction of sp³-hybridized carbons (Fsp3) is 0.304. The molecule has 0 aliphatic carbocycles. The molecule has 2 heterocycles. The zero-order valence-electron chi connectivity index (χ0n) is 16.9. The van der Waals surface area contributed by atoms with Crippen LogP contribution in [0.3, 0.4) is 0 Å². The van der Waals surface area contributed by atoms with Crippen molar-refractivity contribution < 1.29 is 9.53 Å². The van der Waals surface area contributed by atoms with Gasteiger partial charge >= 0.3 is 0 Å². The normalized spacial score (nSPS) is 16.3. The van der Waals surface area contributed by atoms with Crippen molar-refractivity contribution in [3.63, 3.8) is 0 Å². The van der Waals surface area contributed by atoms with Gasteiger partial charge < -0.3 is 15.0 Å². The number of anilines is 1. The first-order valence-electron chi connectivity index (χ1n) is 10.2. The smallest absolute Gasteiger partial charge is 0.251 e. The van der Waals surface area contributed by atoms with Crippen molar-refractivity contribution in [2.45, 2.75) is 25.8 Å². The Morgan fingerprint density at radius 2 is 2.00 bits per heavy atom. The van der Waals surface area contributed by atoms with Crippen molar-refractivity contribution >= 4 is 23.3 Å². The number of piperidine rings is 1. The summed E-state index contributed by atoms with van der Waals surface area (Å²) in [5.41, 5.74) is 2.62. The maximum atomic E-state index is 12.6. The van der Waals surface area contributed by atoms with Gasteiger partial charge in [-0.25, -0.2) is 0 Å². The molecule has 1 amide bonds. The lowest BCUT2D eigenvalue weighted by Crippen LogP contribution is -2.48. The van der Waals surface area contributed by atoms with Crippen molar-refractivity contribution in [3.8, 4) is 17.0 Å². The molecule has 1 fully saturated rings. The molecule has 1 saturated heterocycles. The number of aromatic amines is 1. The Morgan fingerprint density at radius 1 is 1.23 bits per heavy atom. The molecule has 0 saturated carbocycles. The summed E-state index contributed by atoms with van der Waals surface area (Å²) < 4.78 is 5.44. The van der Waals surface area contributed by atoms with E-state index in [0.717, 1.165) is 48.8 Å². The zero-order chi connectivity index (χ0) is 20.9. The molecular formula is C23H25ClN4O2. The number of rotatable bonds is 6. The highest BCUT2D eigenvalue weighted by Gasteiger charge is 2.23. The van der Waals surface area contributed by atoms with E-state index in [0.29, 0.717) is 17.2 Å². The zero-order valence-corrected chi connectivity index (χ0v) is 17.7. The van der Waals surface area contributed by atoms with Crippen LogP contribution in [-0.2, 0) is 0 Å². The first kappa shape index (κ1) is 20.3. The van der Waals surface area contributed by atoms with Gasteiger partial charge in [-0.3, -0.25) is 9.89 Å². The second-order valence-electron chi connectivity index (χ2n) is 7.36. The third-order valence-corrected chi connectivity index (χ3v) is 5.48. The number of hydrogen-bond donors (Lipinski definition) is 2. The number of halogens is 1. The third kappa shape index (κ3) is 4.76. The van der Waals surface area contributed by atoms with Crippen LogP contribution in [0.1, 0.15) is 30.1 Å². The maximum absolute atomic E-state index is 12.6. The predicted molar refractivity (Wildman–Crippen MR) is 119 cm³/mol. The van der Waals surface area contributed by atoms with Crippen LogP contribution in [-0.4, -0.2) is 41.8 Å². The predicted octanol–water partition coefficient (Wildman–Crippen LogP) is 4.53. The Kier molecular flexibility index (Phi) is 6.23. The summed E-state index contributed by atoms with van der Waals surface area (Å²) in [4.78, 5) is 14.8. The van der Waals surface area contributed by atoms with Crippen LogP contribution in [0.4, 0.5) is 5.82 Å². The van der Waals surface area contributed by atoms with E-state index in [-0.39, 0.29) is 11.9 Å². The summed E-state index contributed by atoms with van der Waals surface area (Å²) in [6.07, 6.45) is 1.95. The molecule has 7 heteroatoms. The summed E-state index contributed by atoms with van der Waals surface area (Å²) in [7, 11) is 0. The van der Waals surface area contributed by atoms with Gasteiger partial charge in [-0.2, -0.15) is 5.10 Å². The number of ether oxygens (including phenoxy) is 1. The standard InChI is InChI=1S/C23H25ClN4O2/c1-2-30-20-11-7-17(8-12-20)23(29)25-19-4-3-13-28(15-19)22-14-21(26-27-22)16-5-9-18(24)10-6-16/h5-12,14,19H,2-4,13,15H2,1H3,(H,25,29)(H,26,27). The highest BCUT2D eigenvalue weighted by Crippen LogP contribution is 2.25. The van der Waals surface area contributed by atoms with Crippen molar-refractivity contribution in [2.75, 3.05) is 24.6 Å². The largest absolute Gasteiger partial charge is 0.494 e. The Morgan fingerprint density at radius 3 is 2.73 bits per heavy atom. The summed E-state index contributed by atoms with van der Waals surface area (Å²) in [6, 6.07) is 17.0. The van der Waals surface area contributed by atoms with Crippen LogP contribution >= 0.6 is 11.6 Å². The average Bonchev–Trinajstić information content (AvgIpc) is 3.25. The topological polar surface area (TPSA) is 70.2 Å². The van der Waals surface area contributed by atoms with E-state index in [1.165, 1.54) is 0 Å². The first-order valence-corrected chi connectivity index (χ1v) is 10.6. The van der Waals surface area contributed by atoms with Gasteiger partial charge in [0, 0.05) is 35.8 Å². The van der Waals surface area contributed by atoms with E-state index >= 15 is 0 Å². The van der Waals surface area contributed by atoms with Gasteiger partial charge in [0.2, 0.25) is 0 Å². The quantitative estimate of drug-likeness (QED) is 0.610. The number of H-pyrrole nitrogens is 1. The molecule has 0 spiro atoms. The number of nitrogens with zero attached hydrogens (tertiary/aromatic N) is 2. The van der Waals surface area contributed by atoms with Crippen molar-refractivity contribution in [2.24, 2.45) is 0 Å². The molecule has 0 bridgehead atoms. The third-order valence-electron chi connectivity index (χ3n) is 5.23. The van der Waals surface area contributed by atoms with Crippen LogP contribution < -0.4 is 15.0 Å². The lowest BCUT2D eigenvalue weighted by Gasteiger charge is -2.33. The van der Waals surface area contributed by atoms with Gasteiger partial charge in [0.25, 0.3) is 5.91 Å². The number of carbonyl (C=O) groups excluding carboxylic acids is 1. The molecule has 156 valence electrons. The Balaban J connectivity index is 1.38. The molecule has 6 nitrogen and oxygen atoms in total. The van der Waals surface area contributed by atoms with Crippen molar-refractivity contribution in [1.29, 1.82) is 0 Å². The summed E-state index contributed by atoms with van der Waals surface area (Å²) in [6.45, 7) is 4.19. The number of nitrogens with one attached hydrogen (secondary N) is 2. The first-order chi connectivity index (χ1) is 14.6. The number of benzene rings is 2. The summed E-state index contributed by atoms with van der Waals surface area (Å²) in [5, 5.41) is 11.4. The molecule has 30 heavy (non-hydrogen) atoms. The lowest BCUT2D eigenvalue weighted by molar-refractivity contribution is 0.0933. The fourth-order valence-electron chi connectivity index (χ4n) is 3.69. The minimum Gasteiger partial charge on any atom is -0.494 e. The average molecular weight is 425 g/mol. The fourth-order valence-corrected chi connectivity index (χ4v) is 3.82. The van der Waals surface area contributed by atoms with Crippen LogP contribution in [0.15, 0.2) is 54.6 Å². The van der Waals surface area contributed by atoms with E-state index in [9.17, 15) is 4.79 Å². The van der Waals surface area contributed by atoms with Crippen LogP contribution in [0.2, 0.25) is 5.02 Å². The number of hydrogen-bond acceptors (Lipinski definition) is 4. The highest BCUT2D eigenvalue weighted by atomic mass is 35.5. The SMILES string of the molecule is CCOc1ccc(C(=O)NC2CCCN(c3cc(-c4ccc(Cl)cc4)[nH]n3)C2)cc1. The van der Waals surface area contributed by atoms with E-state index in [1.54, 1.807) is 12.1 Å². The van der Waals surface area contributed by atoms with Crippen LogP contribution in [0, 0.1) is 0 Å². The van der Waals surface area contributed by atoms with E-state index in [2.05, 4.69) is 20.4 Å². The number of aromatic nitrogens is 2. The molecule has 1 aromatic heterocycles. The Hall–Kier alpha value is -2.99. The van der Waals surface area contributed by atoms with Crippen molar-refractivity contribution in [1.82, 2.24) is 15.5 Å². The lowest BCUT2D eigenvalue weighted by atomic mass is 10.0. The van der Waals surface area contributed by atoms with Gasteiger partial charge in [0.1, 0.15) is 5.75 Å².